The van der Waals surface area contributed by atoms with E-state index in [0.717, 1.165) is 11.3 Å². The molecule has 0 radical (unpaired) electrons. The highest BCUT2D eigenvalue weighted by molar-refractivity contribution is 6.58. The van der Waals surface area contributed by atoms with Crippen LogP contribution in [0.2, 0.25) is 0 Å². The van der Waals surface area contributed by atoms with Crippen LogP contribution >= 0.6 is 0 Å². The standard InChI is InChI=1S/C15H16N8O.C12H15BO6/c1-23(10-4-2-8(3-5-10)13(17)24)7-9-6-19-14-11(20-9)12(16)21-15(18)22-14;14-11(15)2-1-3-12(16)19-8-9-4-6-10(7-5-9)13(17)18/h2-6H,7H2,1H3,(H2,17,24)(H4,16,18,19,21,22);4-7,17-18H,1-3,8H2,(H,14,15). The Morgan fingerprint density at radius 2 is 1.63 bits per heavy atom. The molecular weight excluding hydrogens is 559 g/mol. The molecule has 0 saturated carbocycles. The number of primary amides is 1. The third-order valence-electron chi connectivity index (χ3n) is 5.94. The van der Waals surface area contributed by atoms with Crippen LogP contribution in [0, 0.1) is 0 Å². The van der Waals surface area contributed by atoms with Gasteiger partial charge in [0.1, 0.15) is 6.61 Å². The van der Waals surface area contributed by atoms with E-state index in [4.69, 9.17) is 37.1 Å². The predicted octanol–water partition coefficient (Wildman–Crippen LogP) is -0.0160. The molecule has 43 heavy (non-hydrogen) atoms. The third-order valence-corrected chi connectivity index (χ3v) is 5.94. The van der Waals surface area contributed by atoms with Crippen molar-refractivity contribution in [2.45, 2.75) is 32.4 Å². The number of carboxylic acid groups (broad SMARTS) is 1. The van der Waals surface area contributed by atoms with Gasteiger partial charge in [-0.25, -0.2) is 9.97 Å². The maximum atomic E-state index is 11.3. The Morgan fingerprint density at radius 1 is 0.953 bits per heavy atom. The van der Waals surface area contributed by atoms with Crippen molar-refractivity contribution in [2.24, 2.45) is 5.73 Å². The van der Waals surface area contributed by atoms with Crippen LogP contribution in [-0.4, -0.2) is 67.1 Å². The summed E-state index contributed by atoms with van der Waals surface area (Å²) in [7, 11) is 0.376. The lowest BCUT2D eigenvalue weighted by Crippen LogP contribution is -2.29. The number of carbonyl (C=O) groups excluding carboxylic acids is 2. The van der Waals surface area contributed by atoms with Crippen LogP contribution in [-0.2, 0) is 27.5 Å². The van der Waals surface area contributed by atoms with Gasteiger partial charge in [-0.3, -0.25) is 14.4 Å². The minimum Gasteiger partial charge on any atom is -0.481 e. The van der Waals surface area contributed by atoms with Gasteiger partial charge in [0.15, 0.2) is 17.0 Å². The second kappa shape index (κ2) is 15.0. The SMILES string of the molecule is CN(Cc1cnc2nc(N)nc(N)c2n1)c1ccc(C(N)=O)cc1.O=C(O)CCCC(=O)OCc1ccc(B(O)O)cc1. The molecule has 0 aliphatic carbocycles. The van der Waals surface area contributed by atoms with Gasteiger partial charge in [-0.05, 0) is 41.7 Å². The molecule has 1 amide bonds. The fourth-order valence-corrected chi connectivity index (χ4v) is 3.68. The summed E-state index contributed by atoms with van der Waals surface area (Å²) in [6.45, 7) is 0.566. The van der Waals surface area contributed by atoms with Crippen LogP contribution < -0.4 is 27.6 Å². The Hall–Kier alpha value is -5.35. The van der Waals surface area contributed by atoms with Gasteiger partial charge in [-0.1, -0.05) is 24.3 Å². The largest absolute Gasteiger partial charge is 0.488 e. The van der Waals surface area contributed by atoms with E-state index in [9.17, 15) is 14.4 Å². The first kappa shape index (κ1) is 32.2. The number of nitrogen functional groups attached to an aromatic ring is 2. The molecule has 4 rings (SSSR count). The van der Waals surface area contributed by atoms with Gasteiger partial charge in [-0.2, -0.15) is 9.97 Å². The molecule has 2 aromatic heterocycles. The third kappa shape index (κ3) is 9.91. The summed E-state index contributed by atoms with van der Waals surface area (Å²) in [5, 5.41) is 26.2. The minimum atomic E-state index is -1.52. The number of carboxylic acids is 1. The van der Waals surface area contributed by atoms with Gasteiger partial charge in [-0.15, -0.1) is 0 Å². The van der Waals surface area contributed by atoms with E-state index in [1.807, 2.05) is 24.1 Å². The number of aliphatic carboxylic acids is 1. The summed E-state index contributed by atoms with van der Waals surface area (Å²) < 4.78 is 4.95. The molecule has 0 fully saturated rings. The number of carbonyl (C=O) groups is 3. The number of hydrogen-bond donors (Lipinski definition) is 6. The molecule has 0 bridgehead atoms. The summed E-state index contributed by atoms with van der Waals surface area (Å²) in [5.74, 6) is -1.59. The number of benzene rings is 2. The van der Waals surface area contributed by atoms with Gasteiger partial charge >= 0.3 is 19.1 Å². The van der Waals surface area contributed by atoms with Crippen molar-refractivity contribution in [1.82, 2.24) is 19.9 Å². The van der Waals surface area contributed by atoms with Crippen molar-refractivity contribution in [2.75, 3.05) is 23.4 Å². The highest BCUT2D eigenvalue weighted by Gasteiger charge is 2.12. The number of anilines is 3. The van der Waals surface area contributed by atoms with E-state index in [0.29, 0.717) is 34.4 Å². The predicted molar refractivity (Wildman–Crippen MR) is 159 cm³/mol. The maximum Gasteiger partial charge on any atom is 0.488 e. The fourth-order valence-electron chi connectivity index (χ4n) is 3.68. The molecule has 15 nitrogen and oxygen atoms in total. The highest BCUT2D eigenvalue weighted by Crippen LogP contribution is 2.18. The normalized spacial score (nSPS) is 10.4. The minimum absolute atomic E-state index is 0.0574. The summed E-state index contributed by atoms with van der Waals surface area (Å²) >= 11 is 0. The van der Waals surface area contributed by atoms with E-state index < -0.39 is 25.0 Å². The lowest BCUT2D eigenvalue weighted by Gasteiger charge is -2.19. The second-order valence-corrected chi connectivity index (χ2v) is 9.29. The van der Waals surface area contributed by atoms with Crippen LogP contribution in [0.4, 0.5) is 17.5 Å². The zero-order valence-corrected chi connectivity index (χ0v) is 23.3. The lowest BCUT2D eigenvalue weighted by molar-refractivity contribution is -0.145. The first-order chi connectivity index (χ1) is 20.4. The number of ether oxygens (including phenoxy) is 1. The van der Waals surface area contributed by atoms with Crippen molar-refractivity contribution in [1.29, 1.82) is 0 Å². The number of aromatic nitrogens is 4. The zero-order chi connectivity index (χ0) is 31.5. The first-order valence-electron chi connectivity index (χ1n) is 12.9. The van der Waals surface area contributed by atoms with Crippen molar-refractivity contribution >= 4 is 59.0 Å². The lowest BCUT2D eigenvalue weighted by atomic mass is 9.80. The van der Waals surface area contributed by atoms with E-state index in [-0.39, 0.29) is 37.6 Å². The monoisotopic (exact) mass is 590 g/mol. The van der Waals surface area contributed by atoms with Crippen molar-refractivity contribution < 1.29 is 34.3 Å². The summed E-state index contributed by atoms with van der Waals surface area (Å²) in [6, 6.07) is 13.3. The summed E-state index contributed by atoms with van der Waals surface area (Å²) in [5.41, 5.74) is 20.5. The first-order valence-corrected chi connectivity index (χ1v) is 12.9. The van der Waals surface area contributed by atoms with E-state index in [1.54, 1.807) is 30.5 Å². The van der Waals surface area contributed by atoms with Crippen LogP contribution in [0.3, 0.4) is 0 Å². The molecular formula is C27H31BN8O7. The Morgan fingerprint density at radius 3 is 2.23 bits per heavy atom. The maximum absolute atomic E-state index is 11.3. The topological polar surface area (TPSA) is 254 Å². The summed E-state index contributed by atoms with van der Waals surface area (Å²) in [6.07, 6.45) is 1.88. The van der Waals surface area contributed by atoms with Crippen LogP contribution in [0.1, 0.15) is 40.9 Å². The van der Waals surface area contributed by atoms with Crippen LogP contribution in [0.15, 0.2) is 54.7 Å². The molecule has 2 heterocycles. The molecule has 0 unspecified atom stereocenters. The van der Waals surface area contributed by atoms with Gasteiger partial charge in [0.2, 0.25) is 11.9 Å². The van der Waals surface area contributed by atoms with E-state index >= 15 is 0 Å². The van der Waals surface area contributed by atoms with Crippen LogP contribution in [0.5, 0.6) is 0 Å². The summed E-state index contributed by atoms with van der Waals surface area (Å²) in [4.78, 5) is 51.2. The Balaban J connectivity index is 0.000000243. The number of nitrogens with zero attached hydrogens (tertiary/aromatic N) is 5. The Labute approximate surface area is 246 Å². The fraction of sp³-hybridized carbons (Fsp3) is 0.222. The van der Waals surface area contributed by atoms with Gasteiger partial charge in [0.05, 0.1) is 18.4 Å². The van der Waals surface area contributed by atoms with Crippen LogP contribution in [0.25, 0.3) is 11.2 Å². The number of nitrogens with two attached hydrogens (primary N) is 3. The molecule has 4 aromatic rings. The number of hydrogen-bond acceptors (Lipinski definition) is 13. The molecule has 0 aliphatic rings. The van der Waals surface area contributed by atoms with Crippen molar-refractivity contribution in [3.05, 3.63) is 71.5 Å². The number of amides is 1. The molecule has 0 saturated heterocycles. The van der Waals surface area contributed by atoms with Gasteiger partial charge in [0.25, 0.3) is 0 Å². The average molecular weight is 590 g/mol. The quantitative estimate of drug-likeness (QED) is 0.0992. The molecule has 0 aliphatic heterocycles. The second-order valence-electron chi connectivity index (χ2n) is 9.29. The Kier molecular flexibility index (Phi) is 11.3. The molecule has 224 valence electrons. The zero-order valence-electron chi connectivity index (χ0n) is 23.3. The van der Waals surface area contributed by atoms with Crippen molar-refractivity contribution in [3.63, 3.8) is 0 Å². The molecule has 2 aromatic carbocycles. The smallest absolute Gasteiger partial charge is 0.481 e. The Bertz CT molecular complexity index is 1570. The number of fused-ring (bicyclic) bond motifs is 1. The number of rotatable bonds is 11. The molecule has 0 atom stereocenters. The molecule has 16 heteroatoms. The van der Waals surface area contributed by atoms with E-state index in [2.05, 4.69) is 19.9 Å². The number of esters is 1. The van der Waals surface area contributed by atoms with Gasteiger partial charge in [0, 0.05) is 31.1 Å². The average Bonchev–Trinajstić information content (AvgIpc) is 2.96. The van der Waals surface area contributed by atoms with Gasteiger partial charge < -0.3 is 42.0 Å². The van der Waals surface area contributed by atoms with E-state index in [1.165, 1.54) is 12.1 Å². The molecule has 9 N–H and O–H groups in total. The molecule has 0 spiro atoms. The van der Waals surface area contributed by atoms with Crippen molar-refractivity contribution in [3.8, 4) is 0 Å². The highest BCUT2D eigenvalue weighted by atomic mass is 16.5.